The van der Waals surface area contributed by atoms with Crippen molar-refractivity contribution < 1.29 is 13.9 Å². The van der Waals surface area contributed by atoms with Crippen LogP contribution in [0.25, 0.3) is 22.2 Å². The SMILES string of the molecule is O=C1Cc2c(cccc2-c2ncc3c(N4CC5CCC(C4)N5)nc(OCC45CCCN4CCC5)nc3c2F)N1. The highest BCUT2D eigenvalue weighted by molar-refractivity contribution is 6.02. The number of hydrogen-bond acceptors (Lipinski definition) is 8. The van der Waals surface area contributed by atoms with Gasteiger partial charge < -0.3 is 20.3 Å². The number of hydrogen-bond donors (Lipinski definition) is 2. The summed E-state index contributed by atoms with van der Waals surface area (Å²) in [5, 5.41) is 7.10. The molecule has 8 rings (SSSR count). The van der Waals surface area contributed by atoms with Crippen molar-refractivity contribution in [3.05, 3.63) is 35.8 Å². The zero-order valence-corrected chi connectivity index (χ0v) is 21.9. The lowest BCUT2D eigenvalue weighted by atomic mass is 9.95. The first-order valence-corrected chi connectivity index (χ1v) is 14.2. The van der Waals surface area contributed by atoms with E-state index < -0.39 is 5.82 Å². The van der Waals surface area contributed by atoms with E-state index in [0.29, 0.717) is 41.1 Å². The number of benzene rings is 1. The van der Waals surface area contributed by atoms with Crippen LogP contribution in [0.15, 0.2) is 24.4 Å². The summed E-state index contributed by atoms with van der Waals surface area (Å²) >= 11 is 0. The largest absolute Gasteiger partial charge is 0.461 e. The third-order valence-electron chi connectivity index (χ3n) is 9.48. The van der Waals surface area contributed by atoms with Gasteiger partial charge in [0, 0.05) is 42.6 Å². The Morgan fingerprint density at radius 2 is 1.90 bits per heavy atom. The Labute approximate surface area is 226 Å². The normalized spacial score (nSPS) is 25.3. The van der Waals surface area contributed by atoms with E-state index in [1.54, 1.807) is 6.20 Å². The summed E-state index contributed by atoms with van der Waals surface area (Å²) in [7, 11) is 0. The molecule has 9 nitrogen and oxygen atoms in total. The molecule has 2 aromatic heterocycles. The number of carbonyl (C=O) groups excluding carboxylic acids is 1. The second kappa shape index (κ2) is 8.82. The Kier molecular flexibility index (Phi) is 5.32. The van der Waals surface area contributed by atoms with Gasteiger partial charge in [-0.3, -0.25) is 14.7 Å². The van der Waals surface area contributed by atoms with Gasteiger partial charge in [0.2, 0.25) is 5.91 Å². The molecule has 1 aromatic carbocycles. The topological polar surface area (TPSA) is 95.5 Å². The average molecular weight is 530 g/mol. The molecule has 0 spiro atoms. The smallest absolute Gasteiger partial charge is 0.319 e. The van der Waals surface area contributed by atoms with Gasteiger partial charge in [0.1, 0.15) is 23.6 Å². The minimum absolute atomic E-state index is 0.0404. The van der Waals surface area contributed by atoms with E-state index in [4.69, 9.17) is 9.72 Å². The summed E-state index contributed by atoms with van der Waals surface area (Å²) < 4.78 is 22.8. The number of pyridine rings is 1. The van der Waals surface area contributed by atoms with Crippen LogP contribution >= 0.6 is 0 Å². The highest BCUT2D eigenvalue weighted by Crippen LogP contribution is 2.40. The van der Waals surface area contributed by atoms with E-state index in [0.717, 1.165) is 57.4 Å². The predicted octanol–water partition coefficient (Wildman–Crippen LogP) is 3.27. The van der Waals surface area contributed by atoms with Gasteiger partial charge in [-0.15, -0.1) is 0 Å². The maximum atomic E-state index is 16.4. The molecular formula is C29H32FN7O2. The number of carbonyl (C=O) groups is 1. The first-order chi connectivity index (χ1) is 19.1. The fraction of sp³-hybridized carbons (Fsp3) is 0.517. The van der Waals surface area contributed by atoms with Crippen molar-refractivity contribution in [1.82, 2.24) is 25.2 Å². The van der Waals surface area contributed by atoms with Crippen LogP contribution in [0, 0.1) is 5.82 Å². The van der Waals surface area contributed by atoms with Gasteiger partial charge in [0.15, 0.2) is 5.82 Å². The summed E-state index contributed by atoms with van der Waals surface area (Å²) in [5.74, 6) is 0.0848. The first kappa shape index (κ1) is 23.5. The Morgan fingerprint density at radius 3 is 2.69 bits per heavy atom. The summed E-state index contributed by atoms with van der Waals surface area (Å²) in [5.41, 5.74) is 2.54. The summed E-state index contributed by atoms with van der Waals surface area (Å²) in [6.07, 6.45) is 8.75. The van der Waals surface area contributed by atoms with Gasteiger partial charge in [-0.05, 0) is 63.2 Å². The second-order valence-electron chi connectivity index (χ2n) is 11.8. The van der Waals surface area contributed by atoms with Gasteiger partial charge in [-0.1, -0.05) is 12.1 Å². The van der Waals surface area contributed by atoms with E-state index in [-0.39, 0.29) is 35.1 Å². The quantitative estimate of drug-likeness (QED) is 0.520. The van der Waals surface area contributed by atoms with E-state index in [1.807, 2.05) is 18.2 Å². The van der Waals surface area contributed by atoms with Crippen LogP contribution in [0.3, 0.4) is 0 Å². The second-order valence-corrected chi connectivity index (χ2v) is 11.8. The molecule has 4 fully saturated rings. The molecule has 2 unspecified atom stereocenters. The number of rotatable bonds is 5. The van der Waals surface area contributed by atoms with Crippen LogP contribution in [-0.2, 0) is 11.2 Å². The third kappa shape index (κ3) is 3.79. The number of nitrogens with zero attached hydrogens (tertiary/aromatic N) is 5. The van der Waals surface area contributed by atoms with Crippen molar-refractivity contribution in [2.45, 2.75) is 62.6 Å². The first-order valence-electron chi connectivity index (χ1n) is 14.2. The number of aromatic nitrogens is 3. The highest BCUT2D eigenvalue weighted by atomic mass is 19.1. The monoisotopic (exact) mass is 529 g/mol. The fourth-order valence-corrected chi connectivity index (χ4v) is 7.62. The minimum atomic E-state index is -0.506. The number of piperazine rings is 1. The number of amides is 1. The molecule has 0 saturated carbocycles. The zero-order valence-electron chi connectivity index (χ0n) is 21.9. The molecule has 3 aromatic rings. The maximum absolute atomic E-state index is 16.4. The number of anilines is 2. The molecule has 2 N–H and O–H groups in total. The van der Waals surface area contributed by atoms with E-state index in [1.165, 1.54) is 12.8 Å². The van der Waals surface area contributed by atoms with Crippen molar-refractivity contribution in [3.8, 4) is 17.3 Å². The number of halogens is 1. The molecule has 5 aliphatic rings. The number of nitrogens with one attached hydrogen (secondary N) is 2. The van der Waals surface area contributed by atoms with Gasteiger partial charge in [0.25, 0.3) is 0 Å². The fourth-order valence-electron chi connectivity index (χ4n) is 7.62. The van der Waals surface area contributed by atoms with E-state index >= 15 is 4.39 Å². The average Bonchev–Trinajstić information content (AvgIpc) is 3.70. The minimum Gasteiger partial charge on any atom is -0.461 e. The van der Waals surface area contributed by atoms with Crippen LogP contribution in [0.2, 0.25) is 0 Å². The zero-order chi connectivity index (χ0) is 26.1. The molecule has 202 valence electrons. The van der Waals surface area contributed by atoms with Gasteiger partial charge in [-0.25, -0.2) is 4.39 Å². The van der Waals surface area contributed by atoms with Crippen molar-refractivity contribution in [3.63, 3.8) is 0 Å². The lowest BCUT2D eigenvalue weighted by Crippen LogP contribution is -2.51. The van der Waals surface area contributed by atoms with Crippen molar-refractivity contribution in [2.24, 2.45) is 0 Å². The van der Waals surface area contributed by atoms with Crippen LogP contribution in [-0.4, -0.2) is 76.2 Å². The third-order valence-corrected chi connectivity index (χ3v) is 9.48. The standard InChI is InChI=1S/C29H32FN7O2/c30-24-25(19-4-1-5-22-20(19)12-23(38)33-22)31-13-21-26(24)34-28(39-16-29-8-2-10-37(29)11-3-9-29)35-27(21)36-14-17-6-7-18(15-36)32-17/h1,4-5,13,17-18,32H,2-3,6-12,14-16H2,(H,33,38). The highest BCUT2D eigenvalue weighted by Gasteiger charge is 2.45. The Morgan fingerprint density at radius 1 is 1.10 bits per heavy atom. The molecule has 4 saturated heterocycles. The molecule has 0 radical (unpaired) electrons. The van der Waals surface area contributed by atoms with Gasteiger partial charge >= 0.3 is 6.01 Å². The van der Waals surface area contributed by atoms with Crippen LogP contribution in [0.4, 0.5) is 15.9 Å². The summed E-state index contributed by atoms with van der Waals surface area (Å²) in [6.45, 7) is 4.36. The Balaban J connectivity index is 1.23. The van der Waals surface area contributed by atoms with Crippen molar-refractivity contribution >= 4 is 28.3 Å². The molecule has 1 amide bonds. The Hall–Kier alpha value is -3.37. The number of ether oxygens (including phenoxy) is 1. The lowest BCUT2D eigenvalue weighted by molar-refractivity contribution is -0.115. The molecule has 5 aliphatic heterocycles. The molecule has 0 aliphatic carbocycles. The summed E-state index contributed by atoms with van der Waals surface area (Å²) in [6, 6.07) is 6.49. The maximum Gasteiger partial charge on any atom is 0.319 e. The summed E-state index contributed by atoms with van der Waals surface area (Å²) in [4.78, 5) is 31.0. The van der Waals surface area contributed by atoms with Crippen LogP contribution < -0.4 is 20.3 Å². The molecule has 7 heterocycles. The molecule has 2 atom stereocenters. The van der Waals surface area contributed by atoms with Gasteiger partial charge in [-0.2, -0.15) is 9.97 Å². The molecule has 10 heteroatoms. The van der Waals surface area contributed by atoms with Gasteiger partial charge in [0.05, 0.1) is 17.3 Å². The van der Waals surface area contributed by atoms with E-state index in [9.17, 15) is 4.79 Å². The van der Waals surface area contributed by atoms with E-state index in [2.05, 4.69) is 30.4 Å². The van der Waals surface area contributed by atoms with Crippen LogP contribution in [0.5, 0.6) is 6.01 Å². The van der Waals surface area contributed by atoms with Crippen molar-refractivity contribution in [2.75, 3.05) is 43.0 Å². The Bertz CT molecular complexity index is 1470. The molecular weight excluding hydrogens is 497 g/mol. The lowest BCUT2D eigenvalue weighted by Gasteiger charge is -2.34. The molecule has 39 heavy (non-hydrogen) atoms. The van der Waals surface area contributed by atoms with Crippen molar-refractivity contribution in [1.29, 1.82) is 0 Å². The molecule has 2 bridgehead atoms. The number of fused-ring (bicyclic) bond motifs is 5. The predicted molar refractivity (Wildman–Crippen MR) is 145 cm³/mol. The van der Waals surface area contributed by atoms with Crippen LogP contribution in [0.1, 0.15) is 44.1 Å².